The fraction of sp³-hybridized carbons (Fsp3) is 0.250. The third kappa shape index (κ3) is 5.85. The van der Waals surface area contributed by atoms with E-state index in [2.05, 4.69) is 10.6 Å². The van der Waals surface area contributed by atoms with Crippen molar-refractivity contribution in [1.29, 1.82) is 0 Å². The van der Waals surface area contributed by atoms with Crippen molar-refractivity contribution in [2.45, 2.75) is 19.8 Å². The fourth-order valence-electron chi connectivity index (χ4n) is 2.33. The van der Waals surface area contributed by atoms with E-state index in [0.717, 1.165) is 0 Å². The normalized spacial score (nSPS) is 11.3. The molecule has 2 amide bonds. The lowest BCUT2D eigenvalue weighted by atomic mass is 10.0. The van der Waals surface area contributed by atoms with Crippen LogP contribution in [0.15, 0.2) is 48.5 Å². The van der Waals surface area contributed by atoms with Crippen molar-refractivity contribution in [3.8, 4) is 5.75 Å². The van der Waals surface area contributed by atoms with Crippen molar-refractivity contribution in [3.63, 3.8) is 0 Å². The van der Waals surface area contributed by atoms with Gasteiger partial charge < -0.3 is 20.5 Å². The van der Waals surface area contributed by atoms with Gasteiger partial charge in [0.05, 0.1) is 19.1 Å². The monoisotopic (exact) mass is 370 g/mol. The van der Waals surface area contributed by atoms with Crippen LogP contribution in [0.3, 0.4) is 0 Å². The second-order valence-electron chi connectivity index (χ2n) is 5.87. The zero-order chi connectivity index (χ0) is 19.8. The lowest BCUT2D eigenvalue weighted by Crippen LogP contribution is -2.32. The highest BCUT2D eigenvalue weighted by atomic mass is 16.5. The van der Waals surface area contributed by atoms with Gasteiger partial charge in [-0.05, 0) is 55.8 Å². The lowest BCUT2D eigenvalue weighted by Gasteiger charge is -2.10. The summed E-state index contributed by atoms with van der Waals surface area (Å²) < 4.78 is 5.31. The lowest BCUT2D eigenvalue weighted by molar-refractivity contribution is -0.138. The van der Waals surface area contributed by atoms with Crippen molar-refractivity contribution in [1.82, 2.24) is 5.32 Å². The van der Waals surface area contributed by atoms with Gasteiger partial charge in [0.1, 0.15) is 5.75 Å². The number of benzene rings is 2. The maximum absolute atomic E-state index is 12.1. The molecule has 1 unspecified atom stereocenters. The number of carboxylic acid groups (broad SMARTS) is 1. The Kier molecular flexibility index (Phi) is 6.93. The molecule has 0 bridgehead atoms. The van der Waals surface area contributed by atoms with E-state index in [1.165, 1.54) is 0 Å². The van der Waals surface area contributed by atoms with Gasteiger partial charge >= 0.3 is 5.97 Å². The highest BCUT2D eigenvalue weighted by Crippen LogP contribution is 2.18. The summed E-state index contributed by atoms with van der Waals surface area (Å²) in [6.07, 6.45) is 0. The Bertz CT molecular complexity index is 800. The maximum Gasteiger partial charge on any atom is 0.310 e. The number of anilines is 1. The van der Waals surface area contributed by atoms with Crippen LogP contribution in [-0.4, -0.2) is 36.0 Å². The van der Waals surface area contributed by atoms with Gasteiger partial charge in [-0.25, -0.2) is 0 Å². The second-order valence-corrected chi connectivity index (χ2v) is 5.87. The minimum Gasteiger partial charge on any atom is -0.494 e. The molecule has 0 saturated carbocycles. The van der Waals surface area contributed by atoms with Crippen molar-refractivity contribution in [2.75, 3.05) is 18.5 Å². The Morgan fingerprint density at radius 3 is 2.22 bits per heavy atom. The fourth-order valence-corrected chi connectivity index (χ4v) is 2.33. The summed E-state index contributed by atoms with van der Waals surface area (Å²) in [5.74, 6) is -1.61. The Morgan fingerprint density at radius 2 is 1.67 bits per heavy atom. The molecule has 0 aromatic heterocycles. The van der Waals surface area contributed by atoms with E-state index in [-0.39, 0.29) is 18.4 Å². The predicted molar refractivity (Wildman–Crippen MR) is 101 cm³/mol. The summed E-state index contributed by atoms with van der Waals surface area (Å²) in [6.45, 7) is 3.83. The summed E-state index contributed by atoms with van der Waals surface area (Å²) in [4.78, 5) is 35.0. The molecule has 2 aromatic rings. The van der Waals surface area contributed by atoms with Crippen LogP contribution >= 0.6 is 0 Å². The predicted octanol–water partition coefficient (Wildman–Crippen LogP) is 2.64. The van der Waals surface area contributed by atoms with E-state index in [4.69, 9.17) is 9.84 Å². The van der Waals surface area contributed by atoms with Crippen LogP contribution in [-0.2, 0) is 9.59 Å². The molecule has 0 heterocycles. The molecule has 7 nitrogen and oxygen atoms in total. The van der Waals surface area contributed by atoms with Gasteiger partial charge in [-0.3, -0.25) is 14.4 Å². The summed E-state index contributed by atoms with van der Waals surface area (Å²) in [6, 6.07) is 13.2. The first-order chi connectivity index (χ1) is 12.9. The third-order valence-corrected chi connectivity index (χ3v) is 3.90. The number of ether oxygens (including phenoxy) is 1. The quantitative estimate of drug-likeness (QED) is 0.663. The molecule has 1 atom stereocenters. The van der Waals surface area contributed by atoms with Crippen LogP contribution < -0.4 is 15.4 Å². The van der Waals surface area contributed by atoms with Crippen molar-refractivity contribution < 1.29 is 24.2 Å². The molecule has 0 saturated heterocycles. The molecule has 0 aliphatic carbocycles. The molecule has 2 rings (SSSR count). The van der Waals surface area contributed by atoms with E-state index in [1.54, 1.807) is 55.5 Å². The van der Waals surface area contributed by atoms with Gasteiger partial charge in [-0.1, -0.05) is 12.1 Å². The first kappa shape index (κ1) is 20.0. The molecule has 0 radical (unpaired) electrons. The first-order valence-corrected chi connectivity index (χ1v) is 8.54. The minimum atomic E-state index is -0.913. The average molecular weight is 370 g/mol. The Labute approximate surface area is 157 Å². The van der Waals surface area contributed by atoms with Crippen LogP contribution in [0.25, 0.3) is 0 Å². The Balaban J connectivity index is 1.84. The number of nitrogens with one attached hydrogen (secondary N) is 2. The molecule has 142 valence electrons. The number of rotatable bonds is 8. The topological polar surface area (TPSA) is 105 Å². The molecule has 27 heavy (non-hydrogen) atoms. The standard InChI is InChI=1S/C20H22N2O5/c1-3-27-17-10-6-15(7-11-17)19(24)21-12-18(23)22-16-8-4-14(5-9-16)13(2)20(25)26/h4-11,13H,3,12H2,1-2H3,(H,21,24)(H,22,23)(H,25,26). The molecule has 2 aromatic carbocycles. The van der Waals surface area contributed by atoms with Crippen LogP contribution in [0.1, 0.15) is 35.7 Å². The molecular formula is C20H22N2O5. The average Bonchev–Trinajstić information content (AvgIpc) is 2.67. The zero-order valence-corrected chi connectivity index (χ0v) is 15.2. The molecule has 0 aliphatic heterocycles. The molecule has 7 heteroatoms. The Hall–Kier alpha value is -3.35. The zero-order valence-electron chi connectivity index (χ0n) is 15.2. The van der Waals surface area contributed by atoms with Crippen molar-refractivity contribution in [2.24, 2.45) is 0 Å². The number of carbonyl (C=O) groups excluding carboxylic acids is 2. The largest absolute Gasteiger partial charge is 0.494 e. The van der Waals surface area contributed by atoms with E-state index in [9.17, 15) is 14.4 Å². The number of hydrogen-bond donors (Lipinski definition) is 3. The maximum atomic E-state index is 12.1. The molecule has 0 spiro atoms. The SMILES string of the molecule is CCOc1ccc(C(=O)NCC(=O)Nc2ccc(C(C)C(=O)O)cc2)cc1. The summed E-state index contributed by atoms with van der Waals surface area (Å²) >= 11 is 0. The highest BCUT2D eigenvalue weighted by molar-refractivity contribution is 5.99. The van der Waals surface area contributed by atoms with E-state index in [1.807, 2.05) is 6.92 Å². The summed E-state index contributed by atoms with van der Waals surface area (Å²) in [7, 11) is 0. The number of amides is 2. The van der Waals surface area contributed by atoms with Crippen LogP contribution in [0.4, 0.5) is 5.69 Å². The van der Waals surface area contributed by atoms with Gasteiger partial charge in [0, 0.05) is 11.3 Å². The third-order valence-electron chi connectivity index (χ3n) is 3.90. The van der Waals surface area contributed by atoms with Gasteiger partial charge in [0.25, 0.3) is 5.91 Å². The number of hydrogen-bond acceptors (Lipinski definition) is 4. The van der Waals surface area contributed by atoms with Crippen LogP contribution in [0.2, 0.25) is 0 Å². The summed E-state index contributed by atoms with van der Waals surface area (Å²) in [5.41, 5.74) is 1.60. The van der Waals surface area contributed by atoms with E-state index >= 15 is 0 Å². The van der Waals surface area contributed by atoms with Gasteiger partial charge in [0.15, 0.2) is 0 Å². The van der Waals surface area contributed by atoms with Crippen molar-refractivity contribution in [3.05, 3.63) is 59.7 Å². The van der Waals surface area contributed by atoms with E-state index in [0.29, 0.717) is 29.2 Å². The highest BCUT2D eigenvalue weighted by Gasteiger charge is 2.13. The molecule has 3 N–H and O–H groups in total. The van der Waals surface area contributed by atoms with Gasteiger partial charge in [-0.15, -0.1) is 0 Å². The van der Waals surface area contributed by atoms with E-state index < -0.39 is 11.9 Å². The second kappa shape index (κ2) is 9.38. The molecule has 0 aliphatic rings. The smallest absolute Gasteiger partial charge is 0.310 e. The summed E-state index contributed by atoms with van der Waals surface area (Å²) in [5, 5.41) is 14.2. The molecular weight excluding hydrogens is 348 g/mol. The number of carboxylic acids is 1. The van der Waals surface area contributed by atoms with Gasteiger partial charge in [0.2, 0.25) is 5.91 Å². The van der Waals surface area contributed by atoms with Crippen LogP contribution in [0.5, 0.6) is 5.75 Å². The molecule has 0 fully saturated rings. The minimum absolute atomic E-state index is 0.181. The van der Waals surface area contributed by atoms with Crippen LogP contribution in [0, 0.1) is 0 Å². The number of aliphatic carboxylic acids is 1. The first-order valence-electron chi connectivity index (χ1n) is 8.54. The Morgan fingerprint density at radius 1 is 1.04 bits per heavy atom. The number of carbonyl (C=O) groups is 3. The van der Waals surface area contributed by atoms with Gasteiger partial charge in [-0.2, -0.15) is 0 Å². The van der Waals surface area contributed by atoms with Crippen molar-refractivity contribution >= 4 is 23.5 Å².